The van der Waals surface area contributed by atoms with Crippen molar-refractivity contribution in [1.82, 2.24) is 0 Å². The topological polar surface area (TPSA) is 0 Å². The first-order valence-electron chi connectivity index (χ1n) is 5.19. The first kappa shape index (κ1) is 9.57. The van der Waals surface area contributed by atoms with Crippen LogP contribution in [0.4, 0.5) is 0 Å². The van der Waals surface area contributed by atoms with E-state index in [4.69, 9.17) is 0 Å². The van der Waals surface area contributed by atoms with Gasteiger partial charge in [-0.15, -0.1) is 6.58 Å². The van der Waals surface area contributed by atoms with Crippen molar-refractivity contribution in [3.63, 3.8) is 0 Å². The van der Waals surface area contributed by atoms with Crippen molar-refractivity contribution in [3.8, 4) is 0 Å². The molecule has 0 heterocycles. The van der Waals surface area contributed by atoms with Crippen LogP contribution < -0.4 is 0 Å². The fourth-order valence-electron chi connectivity index (χ4n) is 2.04. The first-order valence-corrected chi connectivity index (χ1v) is 5.19. The third kappa shape index (κ3) is 2.51. The first-order chi connectivity index (χ1) is 5.88. The number of rotatable bonds is 4. The van der Waals surface area contributed by atoms with Crippen LogP contribution in [0, 0.1) is 0 Å². The molecular formula is C12H20. The second-order valence-electron chi connectivity index (χ2n) is 3.60. The summed E-state index contributed by atoms with van der Waals surface area (Å²) in [6, 6.07) is 0. The Morgan fingerprint density at radius 1 is 1.25 bits per heavy atom. The molecule has 1 aliphatic rings. The van der Waals surface area contributed by atoms with Crippen LogP contribution in [0.2, 0.25) is 0 Å². The van der Waals surface area contributed by atoms with Crippen molar-refractivity contribution >= 4 is 0 Å². The normalized spacial score (nSPS) is 18.1. The number of hydrogen-bond acceptors (Lipinski definition) is 0. The molecule has 12 heavy (non-hydrogen) atoms. The summed E-state index contributed by atoms with van der Waals surface area (Å²) in [5.74, 6) is 0. The Kier molecular flexibility index (Phi) is 4.13. The van der Waals surface area contributed by atoms with Crippen LogP contribution in [-0.2, 0) is 0 Å². The van der Waals surface area contributed by atoms with Crippen molar-refractivity contribution in [3.05, 3.63) is 23.8 Å². The molecule has 0 bridgehead atoms. The van der Waals surface area contributed by atoms with Gasteiger partial charge in [0.15, 0.2) is 0 Å². The van der Waals surface area contributed by atoms with Crippen LogP contribution in [0.1, 0.15) is 51.9 Å². The average molecular weight is 164 g/mol. The molecule has 0 fully saturated rings. The lowest BCUT2D eigenvalue weighted by Crippen LogP contribution is -1.99. The monoisotopic (exact) mass is 164 g/mol. The predicted octanol–water partition coefficient (Wildman–Crippen LogP) is 4.23. The summed E-state index contributed by atoms with van der Waals surface area (Å²) in [6.07, 6.45) is 11.3. The third-order valence-corrected chi connectivity index (χ3v) is 2.78. The van der Waals surface area contributed by atoms with Gasteiger partial charge in [-0.1, -0.05) is 24.1 Å². The van der Waals surface area contributed by atoms with E-state index in [-0.39, 0.29) is 0 Å². The molecular weight excluding hydrogens is 144 g/mol. The second-order valence-corrected chi connectivity index (χ2v) is 3.60. The number of hydrogen-bond donors (Lipinski definition) is 0. The summed E-state index contributed by atoms with van der Waals surface area (Å²) in [5.41, 5.74) is 3.48. The predicted molar refractivity (Wildman–Crippen MR) is 55.2 cm³/mol. The Labute approximate surface area is 76.4 Å². The maximum atomic E-state index is 3.77. The Morgan fingerprint density at radius 3 is 2.50 bits per heavy atom. The summed E-state index contributed by atoms with van der Waals surface area (Å²) >= 11 is 0. The summed E-state index contributed by atoms with van der Waals surface area (Å²) in [5, 5.41) is 0. The van der Waals surface area contributed by atoms with Gasteiger partial charge in [-0.2, -0.15) is 0 Å². The molecule has 0 aromatic heterocycles. The van der Waals surface area contributed by atoms with Gasteiger partial charge in [0.05, 0.1) is 0 Å². The van der Waals surface area contributed by atoms with Gasteiger partial charge >= 0.3 is 0 Å². The summed E-state index contributed by atoms with van der Waals surface area (Å²) < 4.78 is 0. The Balaban J connectivity index is 2.53. The fourth-order valence-corrected chi connectivity index (χ4v) is 2.04. The zero-order valence-electron chi connectivity index (χ0n) is 8.23. The largest absolute Gasteiger partial charge is 0.103 e. The SMILES string of the molecule is C=CCCC1=C(CC)CCCC1. The van der Waals surface area contributed by atoms with Crippen LogP contribution in [0.15, 0.2) is 23.8 Å². The van der Waals surface area contributed by atoms with E-state index < -0.39 is 0 Å². The van der Waals surface area contributed by atoms with E-state index in [2.05, 4.69) is 13.5 Å². The molecule has 0 unspecified atom stereocenters. The molecule has 0 radical (unpaired) electrons. The quantitative estimate of drug-likeness (QED) is 0.545. The van der Waals surface area contributed by atoms with Crippen molar-refractivity contribution < 1.29 is 0 Å². The summed E-state index contributed by atoms with van der Waals surface area (Å²) in [7, 11) is 0. The van der Waals surface area contributed by atoms with E-state index in [0.29, 0.717) is 0 Å². The number of allylic oxidation sites excluding steroid dienone is 3. The molecule has 1 rings (SSSR count). The van der Waals surface area contributed by atoms with E-state index in [0.717, 1.165) is 0 Å². The third-order valence-electron chi connectivity index (χ3n) is 2.78. The average Bonchev–Trinajstić information content (AvgIpc) is 2.15. The second kappa shape index (κ2) is 5.18. The zero-order chi connectivity index (χ0) is 8.81. The standard InChI is InChI=1S/C12H20/c1-3-5-8-12-10-7-6-9-11(12)4-2/h3H,1,4-10H2,2H3. The van der Waals surface area contributed by atoms with E-state index in [1.54, 1.807) is 11.1 Å². The zero-order valence-corrected chi connectivity index (χ0v) is 8.23. The van der Waals surface area contributed by atoms with Crippen molar-refractivity contribution in [2.45, 2.75) is 51.9 Å². The molecule has 0 spiro atoms. The molecule has 1 aliphatic carbocycles. The molecule has 68 valence electrons. The molecule has 0 atom stereocenters. The lowest BCUT2D eigenvalue weighted by molar-refractivity contribution is 0.633. The van der Waals surface area contributed by atoms with Gasteiger partial charge in [0.2, 0.25) is 0 Å². The maximum absolute atomic E-state index is 3.77. The summed E-state index contributed by atoms with van der Waals surface area (Å²) in [6.45, 7) is 6.06. The highest BCUT2D eigenvalue weighted by Crippen LogP contribution is 2.29. The highest BCUT2D eigenvalue weighted by molar-refractivity contribution is 5.17. The van der Waals surface area contributed by atoms with Gasteiger partial charge in [0, 0.05) is 0 Å². The van der Waals surface area contributed by atoms with Crippen LogP contribution >= 0.6 is 0 Å². The van der Waals surface area contributed by atoms with Crippen molar-refractivity contribution in [2.24, 2.45) is 0 Å². The minimum atomic E-state index is 1.17. The molecule has 0 nitrogen and oxygen atoms in total. The highest BCUT2D eigenvalue weighted by Gasteiger charge is 2.09. The minimum absolute atomic E-state index is 1.17. The molecule has 0 aliphatic heterocycles. The van der Waals surface area contributed by atoms with Gasteiger partial charge in [-0.25, -0.2) is 0 Å². The molecule has 0 amide bonds. The smallest absolute Gasteiger partial charge is 0.0283 e. The lowest BCUT2D eigenvalue weighted by atomic mass is 9.88. The maximum Gasteiger partial charge on any atom is -0.0283 e. The molecule has 0 N–H and O–H groups in total. The molecule has 0 saturated carbocycles. The van der Waals surface area contributed by atoms with Crippen molar-refractivity contribution in [2.75, 3.05) is 0 Å². The molecule has 0 saturated heterocycles. The van der Waals surface area contributed by atoms with Gasteiger partial charge < -0.3 is 0 Å². The highest BCUT2D eigenvalue weighted by atomic mass is 14.2. The Bertz CT molecular complexity index is 174. The summed E-state index contributed by atoms with van der Waals surface area (Å²) in [4.78, 5) is 0. The van der Waals surface area contributed by atoms with Crippen molar-refractivity contribution in [1.29, 1.82) is 0 Å². The van der Waals surface area contributed by atoms with Crippen LogP contribution in [0.3, 0.4) is 0 Å². The van der Waals surface area contributed by atoms with E-state index in [9.17, 15) is 0 Å². The van der Waals surface area contributed by atoms with Gasteiger partial charge in [0.1, 0.15) is 0 Å². The lowest BCUT2D eigenvalue weighted by Gasteiger charge is -2.18. The molecule has 0 aromatic rings. The Morgan fingerprint density at radius 2 is 1.92 bits per heavy atom. The minimum Gasteiger partial charge on any atom is -0.103 e. The fraction of sp³-hybridized carbons (Fsp3) is 0.667. The van der Waals surface area contributed by atoms with E-state index in [1.165, 1.54) is 44.9 Å². The Hall–Kier alpha value is -0.520. The van der Waals surface area contributed by atoms with E-state index >= 15 is 0 Å². The molecule has 0 heteroatoms. The molecule has 0 aromatic carbocycles. The van der Waals surface area contributed by atoms with Gasteiger partial charge in [-0.05, 0) is 44.9 Å². The van der Waals surface area contributed by atoms with Crippen LogP contribution in [-0.4, -0.2) is 0 Å². The van der Waals surface area contributed by atoms with Crippen LogP contribution in [0.25, 0.3) is 0 Å². The van der Waals surface area contributed by atoms with Gasteiger partial charge in [-0.3, -0.25) is 0 Å². The van der Waals surface area contributed by atoms with Crippen LogP contribution in [0.5, 0.6) is 0 Å². The van der Waals surface area contributed by atoms with E-state index in [1.807, 2.05) is 6.08 Å². The van der Waals surface area contributed by atoms with Gasteiger partial charge in [0.25, 0.3) is 0 Å².